The van der Waals surface area contributed by atoms with E-state index >= 15 is 0 Å². The van der Waals surface area contributed by atoms with Crippen molar-refractivity contribution < 1.29 is 38.6 Å². The lowest BCUT2D eigenvalue weighted by atomic mass is 9.92. The van der Waals surface area contributed by atoms with Crippen LogP contribution in [0, 0.1) is 5.92 Å². The number of anilines is 2. The molecule has 4 aliphatic heterocycles. The Morgan fingerprint density at radius 1 is 0.885 bits per heavy atom. The highest BCUT2D eigenvalue weighted by atomic mass is 16.5. The zero-order chi connectivity index (χ0) is 43.1. The molecule has 0 bridgehead atoms. The molecule has 2 aromatic heterocycles. The first-order valence-corrected chi connectivity index (χ1v) is 20.6. The van der Waals surface area contributed by atoms with Gasteiger partial charge in [-0.15, -0.1) is 0 Å². The van der Waals surface area contributed by atoms with E-state index in [2.05, 4.69) is 25.4 Å². The van der Waals surface area contributed by atoms with Crippen LogP contribution in [0.15, 0.2) is 47.5 Å². The average Bonchev–Trinajstić information content (AvgIpc) is 3.52. The van der Waals surface area contributed by atoms with Gasteiger partial charge in [-0.1, -0.05) is 0 Å². The number of piperazine rings is 1. The number of aromatic carboxylic acids is 1. The van der Waals surface area contributed by atoms with E-state index in [1.165, 1.54) is 6.07 Å². The van der Waals surface area contributed by atoms with E-state index in [1.807, 2.05) is 23.2 Å². The van der Waals surface area contributed by atoms with Crippen molar-refractivity contribution >= 4 is 51.9 Å². The van der Waals surface area contributed by atoms with E-state index in [1.54, 1.807) is 51.2 Å². The van der Waals surface area contributed by atoms with Gasteiger partial charge < -0.3 is 29.4 Å². The second-order valence-electron chi connectivity index (χ2n) is 16.2. The number of pyridine rings is 2. The van der Waals surface area contributed by atoms with Crippen LogP contribution in [0.2, 0.25) is 0 Å². The number of amides is 4. The number of aryl methyl sites for hydroxylation is 1. The molecule has 0 spiro atoms. The summed E-state index contributed by atoms with van der Waals surface area (Å²) in [7, 11) is 6.83. The van der Waals surface area contributed by atoms with E-state index in [4.69, 9.17) is 9.47 Å². The predicted molar refractivity (Wildman–Crippen MR) is 226 cm³/mol. The number of benzene rings is 2. The first-order chi connectivity index (χ1) is 29.4. The number of methoxy groups -OCH3 is 2. The third kappa shape index (κ3) is 7.78. The van der Waals surface area contributed by atoms with Crippen LogP contribution in [0.1, 0.15) is 68.7 Å². The highest BCUT2D eigenvalue weighted by molar-refractivity contribution is 6.27. The molecular weight excluding hydrogens is 785 g/mol. The molecule has 17 nitrogen and oxygen atoms in total. The molecule has 0 aliphatic carbocycles. The molecule has 61 heavy (non-hydrogen) atoms. The smallest absolute Gasteiger partial charge is 0.338 e. The topological polar surface area (TPSA) is 196 Å². The van der Waals surface area contributed by atoms with Gasteiger partial charge in [0.15, 0.2) is 0 Å². The van der Waals surface area contributed by atoms with Gasteiger partial charge in [-0.05, 0) is 87.1 Å². The molecule has 0 saturated carbocycles. The lowest BCUT2D eigenvalue weighted by Gasteiger charge is -2.38. The first-order valence-electron chi connectivity index (χ1n) is 20.6. The predicted octanol–water partition coefficient (Wildman–Crippen LogP) is 3.18. The first kappa shape index (κ1) is 41.4. The summed E-state index contributed by atoms with van der Waals surface area (Å²) < 4.78 is 13.5. The standard InChI is InChI=1S/C44H50N8O9/c1-45-36-21-28-29(22-46-36)30(23-48(2)41(28)55)26-19-34(60-3)31(35(20-26)61-4)24-50-13-10-25(11-14-50)9-12-49-15-17-51(18-16-49)32-6-5-27-38(39(32)44(58)59)43(57)52(42(27)56)33-7-8-37(53)47-40(33)54/h5-6,19-23,25,33H,7-18,24H2,1-4H3,(H,45,46)(H,58,59)(H,47,53,54). The number of nitrogens with zero attached hydrogens (tertiary/aromatic N) is 6. The molecule has 8 rings (SSSR count). The van der Waals surface area contributed by atoms with Crippen molar-refractivity contribution in [1.29, 1.82) is 0 Å². The number of piperidine rings is 2. The molecule has 4 amide bonds. The monoisotopic (exact) mass is 834 g/mol. The van der Waals surface area contributed by atoms with Crippen molar-refractivity contribution in [2.75, 3.05) is 77.3 Å². The number of hydrogen-bond acceptors (Lipinski definition) is 13. The Balaban J connectivity index is 0.870. The summed E-state index contributed by atoms with van der Waals surface area (Å²) in [5.41, 5.74) is 2.43. The van der Waals surface area contributed by atoms with E-state index in [0.29, 0.717) is 67.0 Å². The number of ether oxygens (including phenoxy) is 2. The van der Waals surface area contributed by atoms with Gasteiger partial charge >= 0.3 is 5.97 Å². The molecule has 1 unspecified atom stereocenters. The lowest BCUT2D eigenvalue weighted by Crippen LogP contribution is -2.54. The van der Waals surface area contributed by atoms with Crippen LogP contribution in [0.3, 0.4) is 0 Å². The van der Waals surface area contributed by atoms with Crippen LogP contribution in [-0.2, 0) is 23.2 Å². The number of aromatic nitrogens is 2. The van der Waals surface area contributed by atoms with Crippen LogP contribution < -0.4 is 30.6 Å². The zero-order valence-corrected chi connectivity index (χ0v) is 34.8. The number of carbonyl (C=O) groups excluding carboxylic acids is 4. The third-order valence-corrected chi connectivity index (χ3v) is 12.7. The Morgan fingerprint density at radius 3 is 2.23 bits per heavy atom. The Hall–Kier alpha value is -6.33. The number of carboxylic acids is 1. The summed E-state index contributed by atoms with van der Waals surface area (Å²) in [4.78, 5) is 88.9. The van der Waals surface area contributed by atoms with Crippen LogP contribution in [-0.4, -0.2) is 132 Å². The highest BCUT2D eigenvalue weighted by Gasteiger charge is 2.47. The molecule has 320 valence electrons. The van der Waals surface area contributed by atoms with Crippen molar-refractivity contribution in [2.45, 2.75) is 44.7 Å². The molecule has 6 heterocycles. The molecule has 3 saturated heterocycles. The van der Waals surface area contributed by atoms with Gasteiger partial charge in [0, 0.05) is 76.6 Å². The van der Waals surface area contributed by atoms with Gasteiger partial charge in [0.2, 0.25) is 11.8 Å². The summed E-state index contributed by atoms with van der Waals surface area (Å²) in [5.74, 6) is -1.52. The number of nitrogens with one attached hydrogen (secondary N) is 2. The number of likely N-dealkylation sites (tertiary alicyclic amines) is 1. The second kappa shape index (κ2) is 17.0. The van der Waals surface area contributed by atoms with Crippen molar-refractivity contribution in [3.8, 4) is 22.6 Å². The molecule has 4 aromatic rings. The maximum Gasteiger partial charge on any atom is 0.338 e. The van der Waals surface area contributed by atoms with Gasteiger partial charge in [0.25, 0.3) is 17.4 Å². The number of carbonyl (C=O) groups is 5. The minimum atomic E-state index is -1.32. The fraction of sp³-hybridized carbons (Fsp3) is 0.432. The van der Waals surface area contributed by atoms with Crippen molar-refractivity contribution in [2.24, 2.45) is 13.0 Å². The van der Waals surface area contributed by atoms with Crippen LogP contribution >= 0.6 is 0 Å². The average molecular weight is 835 g/mol. The Kier molecular flexibility index (Phi) is 11.5. The number of hydrogen-bond donors (Lipinski definition) is 3. The molecule has 3 N–H and O–H groups in total. The highest BCUT2D eigenvalue weighted by Crippen LogP contribution is 2.39. The van der Waals surface area contributed by atoms with E-state index in [0.717, 1.165) is 65.9 Å². The molecule has 1 atom stereocenters. The Morgan fingerprint density at radius 2 is 1.59 bits per heavy atom. The number of fused-ring (bicyclic) bond motifs is 2. The summed E-state index contributed by atoms with van der Waals surface area (Å²) >= 11 is 0. The number of rotatable bonds is 12. The lowest BCUT2D eigenvalue weighted by molar-refractivity contribution is -0.136. The van der Waals surface area contributed by atoms with Crippen molar-refractivity contribution in [3.63, 3.8) is 0 Å². The van der Waals surface area contributed by atoms with Crippen molar-refractivity contribution in [3.05, 3.63) is 75.3 Å². The zero-order valence-electron chi connectivity index (χ0n) is 34.8. The fourth-order valence-electron chi connectivity index (χ4n) is 9.28. The van der Waals surface area contributed by atoms with Gasteiger partial charge in [0.05, 0.1) is 47.5 Å². The number of imide groups is 2. The van der Waals surface area contributed by atoms with Crippen LogP contribution in [0.5, 0.6) is 11.5 Å². The van der Waals surface area contributed by atoms with E-state index in [-0.39, 0.29) is 35.1 Å². The maximum absolute atomic E-state index is 13.6. The summed E-state index contributed by atoms with van der Waals surface area (Å²) in [6.45, 7) is 5.95. The summed E-state index contributed by atoms with van der Waals surface area (Å²) in [6, 6.07) is 7.64. The number of carboxylic acid groups (broad SMARTS) is 1. The second-order valence-corrected chi connectivity index (χ2v) is 16.2. The molecule has 2 aromatic carbocycles. The summed E-state index contributed by atoms with van der Waals surface area (Å²) in [6.07, 6.45) is 6.64. The molecule has 17 heteroatoms. The Bertz CT molecular complexity index is 2480. The van der Waals surface area contributed by atoms with Gasteiger partial charge in [0.1, 0.15) is 23.4 Å². The van der Waals surface area contributed by atoms with Crippen molar-refractivity contribution in [1.82, 2.24) is 29.6 Å². The van der Waals surface area contributed by atoms with Crippen LogP contribution in [0.25, 0.3) is 21.9 Å². The normalized spacial score (nSPS) is 19.0. The third-order valence-electron chi connectivity index (χ3n) is 12.7. The van der Waals surface area contributed by atoms with E-state index in [9.17, 15) is 33.9 Å². The Labute approximate surface area is 352 Å². The largest absolute Gasteiger partial charge is 0.496 e. The minimum Gasteiger partial charge on any atom is -0.496 e. The summed E-state index contributed by atoms with van der Waals surface area (Å²) in [5, 5.41) is 16.8. The minimum absolute atomic E-state index is 0.0117. The quantitative estimate of drug-likeness (QED) is 0.176. The molecular formula is C44H50N8O9. The van der Waals surface area contributed by atoms with E-state index < -0.39 is 35.6 Å². The van der Waals surface area contributed by atoms with Gasteiger partial charge in [-0.25, -0.2) is 9.78 Å². The SMILES string of the molecule is CNc1cc2c(=O)n(C)cc(-c3cc(OC)c(CN4CCC(CCN5CCN(c6ccc7c(c6C(=O)O)C(=O)N(C6CCC(=O)NC6=O)C7=O)CC5)CC4)c(OC)c3)c2cn1. The van der Waals surface area contributed by atoms with Gasteiger partial charge in [-0.3, -0.25) is 44.0 Å². The molecule has 3 fully saturated rings. The van der Waals surface area contributed by atoms with Crippen LogP contribution in [0.4, 0.5) is 11.5 Å². The maximum atomic E-state index is 13.6. The molecule has 0 radical (unpaired) electrons. The van der Waals surface area contributed by atoms with Gasteiger partial charge in [-0.2, -0.15) is 0 Å². The fourth-order valence-corrected chi connectivity index (χ4v) is 9.28. The molecule has 4 aliphatic rings.